The van der Waals surface area contributed by atoms with Crippen LogP contribution in [0.2, 0.25) is 0 Å². The molecule has 4 rings (SSSR count). The lowest BCUT2D eigenvalue weighted by atomic mass is 9.98. The number of aromatic hydroxyl groups is 1. The molecule has 0 atom stereocenters. The van der Waals surface area contributed by atoms with Crippen LogP contribution in [-0.2, 0) is 19.6 Å². The van der Waals surface area contributed by atoms with Gasteiger partial charge in [-0.15, -0.1) is 0 Å². The highest BCUT2D eigenvalue weighted by molar-refractivity contribution is 9.09. The molecule has 38 heavy (non-hydrogen) atoms. The molecule has 0 aliphatic carbocycles. The Balaban J connectivity index is 1.82. The number of aryl methyl sites for hydroxylation is 1. The minimum Gasteiger partial charge on any atom is -0.494 e. The molecule has 0 fully saturated rings. The molecule has 9 nitrogen and oxygen atoms in total. The van der Waals surface area contributed by atoms with E-state index in [1.54, 1.807) is 31.2 Å². The Morgan fingerprint density at radius 2 is 1.79 bits per heavy atom. The molecule has 0 radical (unpaired) electrons. The maximum atomic E-state index is 12.8. The van der Waals surface area contributed by atoms with Gasteiger partial charge in [-0.05, 0) is 48.9 Å². The van der Waals surface area contributed by atoms with Crippen molar-refractivity contribution >= 4 is 54.2 Å². The van der Waals surface area contributed by atoms with E-state index >= 15 is 0 Å². The lowest BCUT2D eigenvalue weighted by Gasteiger charge is -2.16. The number of fused-ring (bicyclic) bond motifs is 1. The average Bonchev–Trinajstić information content (AvgIpc) is 3.24. The Bertz CT molecular complexity index is 1600. The third-order valence-electron chi connectivity index (χ3n) is 5.88. The summed E-state index contributed by atoms with van der Waals surface area (Å²) < 4.78 is 31.3. The standard InChI is InChI=1S/C27H26BrN3O6S/c1-17-15-22-23(16-21(17)27(33)36-3)30-26(32)24(22)25(18-7-5-4-6-8-18)29-19-9-11-20(12-10-19)38(34,35)31(2)37-14-13-28/h4-12,15-16,30,32H,13-14H2,1-3H3. The highest BCUT2D eigenvalue weighted by Gasteiger charge is 2.23. The lowest BCUT2D eigenvalue weighted by Crippen LogP contribution is -2.27. The Hall–Kier alpha value is -3.51. The number of nitrogens with one attached hydrogen (secondary N) is 1. The quantitative estimate of drug-likeness (QED) is 0.120. The minimum atomic E-state index is -3.85. The van der Waals surface area contributed by atoms with Gasteiger partial charge in [0.15, 0.2) is 5.88 Å². The number of nitrogens with zero attached hydrogens (tertiary/aromatic N) is 2. The van der Waals surface area contributed by atoms with E-state index in [-0.39, 0.29) is 17.4 Å². The Kier molecular flexibility index (Phi) is 8.32. The molecule has 0 bridgehead atoms. The normalized spacial score (nSPS) is 12.3. The van der Waals surface area contributed by atoms with Crippen molar-refractivity contribution in [1.29, 1.82) is 0 Å². The zero-order valence-corrected chi connectivity index (χ0v) is 23.3. The van der Waals surface area contributed by atoms with Crippen molar-refractivity contribution in [2.24, 2.45) is 4.99 Å². The Morgan fingerprint density at radius 1 is 1.11 bits per heavy atom. The summed E-state index contributed by atoms with van der Waals surface area (Å²) in [7, 11) is -1.19. The smallest absolute Gasteiger partial charge is 0.338 e. The van der Waals surface area contributed by atoms with E-state index < -0.39 is 16.0 Å². The monoisotopic (exact) mass is 599 g/mol. The number of methoxy groups -OCH3 is 1. The minimum absolute atomic E-state index is 0.0516. The summed E-state index contributed by atoms with van der Waals surface area (Å²) in [4.78, 5) is 25.2. The molecular formula is C27H26BrN3O6S. The van der Waals surface area contributed by atoms with Crippen LogP contribution in [0.5, 0.6) is 5.88 Å². The first-order valence-electron chi connectivity index (χ1n) is 11.5. The number of aliphatic imine (C=N–C) groups is 1. The molecular weight excluding hydrogens is 574 g/mol. The maximum absolute atomic E-state index is 12.8. The second kappa shape index (κ2) is 11.5. The van der Waals surface area contributed by atoms with Gasteiger partial charge in [0.2, 0.25) is 0 Å². The van der Waals surface area contributed by atoms with Crippen LogP contribution < -0.4 is 0 Å². The van der Waals surface area contributed by atoms with Crippen LogP contribution in [0.1, 0.15) is 27.0 Å². The number of sulfonamides is 1. The second-order valence-electron chi connectivity index (χ2n) is 8.31. The molecule has 0 spiro atoms. The number of aromatic nitrogens is 1. The van der Waals surface area contributed by atoms with E-state index in [0.717, 1.165) is 10.0 Å². The van der Waals surface area contributed by atoms with Gasteiger partial charge in [-0.3, -0.25) is 4.84 Å². The zero-order valence-electron chi connectivity index (χ0n) is 20.9. The molecule has 2 N–H and O–H groups in total. The molecule has 0 aliphatic heterocycles. The van der Waals surface area contributed by atoms with Gasteiger partial charge >= 0.3 is 5.97 Å². The van der Waals surface area contributed by atoms with Crippen molar-refractivity contribution < 1.29 is 27.9 Å². The summed E-state index contributed by atoms with van der Waals surface area (Å²) in [5.74, 6) is -0.593. The number of aromatic amines is 1. The van der Waals surface area contributed by atoms with E-state index in [0.29, 0.717) is 44.3 Å². The Morgan fingerprint density at radius 3 is 2.42 bits per heavy atom. The molecule has 0 saturated carbocycles. The van der Waals surface area contributed by atoms with Gasteiger partial charge in [0.1, 0.15) is 0 Å². The van der Waals surface area contributed by atoms with Gasteiger partial charge in [-0.1, -0.05) is 50.7 Å². The first-order valence-corrected chi connectivity index (χ1v) is 14.1. The van der Waals surface area contributed by atoms with E-state index in [2.05, 4.69) is 20.9 Å². The molecule has 0 amide bonds. The molecule has 3 aromatic carbocycles. The highest BCUT2D eigenvalue weighted by Crippen LogP contribution is 2.33. The summed E-state index contributed by atoms with van der Waals surface area (Å²) in [5, 5.41) is 12.1. The SMILES string of the molecule is COC(=O)c1cc2[nH]c(O)c(C(=Nc3ccc(S(=O)(=O)N(C)OCCBr)cc3)c3ccccc3)c2cc1C. The van der Waals surface area contributed by atoms with E-state index in [1.165, 1.54) is 26.3 Å². The lowest BCUT2D eigenvalue weighted by molar-refractivity contribution is -0.0559. The molecule has 1 heterocycles. The number of H-pyrrole nitrogens is 1. The topological polar surface area (TPSA) is 121 Å². The first-order chi connectivity index (χ1) is 18.2. The van der Waals surface area contributed by atoms with Crippen molar-refractivity contribution in [3.05, 3.63) is 89.0 Å². The van der Waals surface area contributed by atoms with E-state index in [9.17, 15) is 18.3 Å². The number of hydrogen-bond donors (Lipinski definition) is 2. The predicted octanol–water partition coefficient (Wildman–Crippen LogP) is 5.08. The number of ether oxygens (including phenoxy) is 1. The molecule has 4 aromatic rings. The molecule has 198 valence electrons. The van der Waals surface area contributed by atoms with Gasteiger partial charge in [0, 0.05) is 28.8 Å². The predicted molar refractivity (Wildman–Crippen MR) is 149 cm³/mol. The third kappa shape index (κ3) is 5.51. The van der Waals surface area contributed by atoms with Gasteiger partial charge in [0.05, 0.1) is 41.1 Å². The summed E-state index contributed by atoms with van der Waals surface area (Å²) in [5.41, 5.74) is 3.73. The van der Waals surface area contributed by atoms with E-state index in [1.807, 2.05) is 30.3 Å². The van der Waals surface area contributed by atoms with Crippen molar-refractivity contribution in [1.82, 2.24) is 9.45 Å². The number of hydrogen-bond acceptors (Lipinski definition) is 7. The fourth-order valence-corrected chi connectivity index (χ4v) is 5.10. The second-order valence-corrected chi connectivity index (χ2v) is 11.0. The number of halogens is 1. The summed E-state index contributed by atoms with van der Waals surface area (Å²) in [6.45, 7) is 1.99. The fraction of sp³-hybridized carbons (Fsp3) is 0.185. The maximum Gasteiger partial charge on any atom is 0.338 e. The zero-order chi connectivity index (χ0) is 27.4. The van der Waals surface area contributed by atoms with Crippen molar-refractivity contribution in [2.45, 2.75) is 11.8 Å². The molecule has 0 saturated heterocycles. The molecule has 0 aliphatic rings. The van der Waals surface area contributed by atoms with E-state index in [4.69, 9.17) is 14.6 Å². The number of carbonyl (C=O) groups is 1. The van der Waals surface area contributed by atoms with Crippen LogP contribution in [0, 0.1) is 6.92 Å². The number of rotatable bonds is 9. The fourth-order valence-electron chi connectivity index (χ4n) is 3.97. The van der Waals surface area contributed by atoms with Crippen LogP contribution >= 0.6 is 15.9 Å². The van der Waals surface area contributed by atoms with Crippen LogP contribution in [0.25, 0.3) is 10.9 Å². The Labute approximate surface area is 228 Å². The van der Waals surface area contributed by atoms with Gasteiger partial charge in [-0.2, -0.15) is 0 Å². The van der Waals surface area contributed by atoms with Crippen molar-refractivity contribution in [3.63, 3.8) is 0 Å². The number of alkyl halides is 1. The highest BCUT2D eigenvalue weighted by atomic mass is 79.9. The van der Waals surface area contributed by atoms with Crippen molar-refractivity contribution in [2.75, 3.05) is 26.1 Å². The summed E-state index contributed by atoms with van der Waals surface area (Å²) in [6.07, 6.45) is 0. The molecule has 0 unspecified atom stereocenters. The van der Waals surface area contributed by atoms with Crippen LogP contribution in [0.3, 0.4) is 0 Å². The average molecular weight is 600 g/mol. The van der Waals surface area contributed by atoms with Crippen LogP contribution in [0.4, 0.5) is 5.69 Å². The number of carbonyl (C=O) groups excluding carboxylic acids is 1. The largest absolute Gasteiger partial charge is 0.494 e. The molecule has 1 aromatic heterocycles. The van der Waals surface area contributed by atoms with Gasteiger partial charge in [-0.25, -0.2) is 18.2 Å². The van der Waals surface area contributed by atoms with Crippen LogP contribution in [0.15, 0.2) is 76.6 Å². The summed E-state index contributed by atoms with van der Waals surface area (Å²) in [6, 6.07) is 18.8. The summed E-state index contributed by atoms with van der Waals surface area (Å²) >= 11 is 3.20. The number of esters is 1. The van der Waals surface area contributed by atoms with Gasteiger partial charge in [0.25, 0.3) is 10.0 Å². The number of benzene rings is 3. The van der Waals surface area contributed by atoms with Crippen LogP contribution in [-0.4, -0.2) is 60.8 Å². The molecule has 11 heteroatoms. The van der Waals surface area contributed by atoms with Crippen molar-refractivity contribution in [3.8, 4) is 5.88 Å². The first kappa shape index (κ1) is 27.5. The number of hydroxylamine groups is 1. The third-order valence-corrected chi connectivity index (χ3v) is 7.85. The van der Waals surface area contributed by atoms with Gasteiger partial charge < -0.3 is 14.8 Å².